The molecule has 1 heterocycles. The number of hydrogen-bond donors (Lipinski definition) is 0. The van der Waals surface area contributed by atoms with Crippen LogP contribution < -0.4 is 0 Å². The number of hydrogen-bond acceptors (Lipinski definition) is 3. The van der Waals surface area contributed by atoms with Crippen molar-refractivity contribution in [2.24, 2.45) is 0 Å². The smallest absolute Gasteiger partial charge is 0.222 e. The molecular formula is C11H15NO2. The van der Waals surface area contributed by atoms with E-state index in [2.05, 4.69) is 0 Å². The molecule has 14 heavy (non-hydrogen) atoms. The van der Waals surface area contributed by atoms with E-state index in [0.29, 0.717) is 5.76 Å². The number of carbonyl (C=O) groups excluding carboxylic acids is 1. The van der Waals surface area contributed by atoms with Gasteiger partial charge in [0.1, 0.15) is 0 Å². The van der Waals surface area contributed by atoms with E-state index in [-0.39, 0.29) is 5.78 Å². The minimum absolute atomic E-state index is 0.0955. The molecule has 3 nitrogen and oxygen atoms in total. The van der Waals surface area contributed by atoms with Crippen LogP contribution in [0, 0.1) is 0 Å². The van der Waals surface area contributed by atoms with E-state index in [9.17, 15) is 4.79 Å². The molecule has 0 aliphatic carbocycles. The van der Waals surface area contributed by atoms with E-state index in [0.717, 1.165) is 13.1 Å². The van der Waals surface area contributed by atoms with Gasteiger partial charge in [0, 0.05) is 25.4 Å². The van der Waals surface area contributed by atoms with Crippen LogP contribution in [0.4, 0.5) is 0 Å². The minimum atomic E-state index is -0.0955. The van der Waals surface area contributed by atoms with Crippen molar-refractivity contribution in [1.82, 2.24) is 4.90 Å². The molecule has 0 amide bonds. The zero-order valence-electron chi connectivity index (χ0n) is 8.56. The van der Waals surface area contributed by atoms with Crippen molar-refractivity contribution in [2.45, 2.75) is 13.8 Å². The standard InChI is InChI=1S/C11H15NO2/c1-3-12(4-2)8-7-10(13)11-6-5-9-14-11/h5-9H,3-4H2,1-2H3/b8-7+. The summed E-state index contributed by atoms with van der Waals surface area (Å²) in [6.45, 7) is 5.90. The van der Waals surface area contributed by atoms with Crippen molar-refractivity contribution in [1.29, 1.82) is 0 Å². The highest BCUT2D eigenvalue weighted by atomic mass is 16.3. The zero-order chi connectivity index (χ0) is 10.4. The second-order valence-electron chi connectivity index (χ2n) is 2.88. The number of rotatable bonds is 5. The maximum Gasteiger partial charge on any atom is 0.222 e. The Hall–Kier alpha value is -1.51. The van der Waals surface area contributed by atoms with Crippen molar-refractivity contribution in [3.63, 3.8) is 0 Å². The van der Waals surface area contributed by atoms with Gasteiger partial charge < -0.3 is 9.32 Å². The molecule has 1 aromatic rings. The maximum absolute atomic E-state index is 11.4. The van der Waals surface area contributed by atoms with Crippen molar-refractivity contribution in [3.8, 4) is 0 Å². The average molecular weight is 193 g/mol. The molecule has 0 fully saturated rings. The molecule has 1 rings (SSSR count). The minimum Gasteiger partial charge on any atom is -0.461 e. The molecule has 0 radical (unpaired) electrons. The van der Waals surface area contributed by atoms with Gasteiger partial charge in [0.15, 0.2) is 5.76 Å². The number of furan rings is 1. The van der Waals surface area contributed by atoms with Crippen molar-refractivity contribution < 1.29 is 9.21 Å². The molecule has 76 valence electrons. The van der Waals surface area contributed by atoms with Crippen LogP contribution in [0.25, 0.3) is 0 Å². The Morgan fingerprint density at radius 3 is 2.71 bits per heavy atom. The fourth-order valence-corrected chi connectivity index (χ4v) is 1.11. The maximum atomic E-state index is 11.4. The van der Waals surface area contributed by atoms with Crippen molar-refractivity contribution in [2.75, 3.05) is 13.1 Å². The summed E-state index contributed by atoms with van der Waals surface area (Å²) in [5, 5.41) is 0. The SMILES string of the molecule is CCN(/C=C/C(=O)c1ccco1)CC. The van der Waals surface area contributed by atoms with E-state index in [1.807, 2.05) is 18.7 Å². The number of carbonyl (C=O) groups is 1. The normalized spacial score (nSPS) is 10.7. The molecule has 0 atom stereocenters. The van der Waals surface area contributed by atoms with Gasteiger partial charge in [0.05, 0.1) is 6.26 Å². The zero-order valence-corrected chi connectivity index (χ0v) is 8.56. The van der Waals surface area contributed by atoms with Gasteiger partial charge in [-0.05, 0) is 26.0 Å². The lowest BCUT2D eigenvalue weighted by molar-refractivity contribution is 0.102. The van der Waals surface area contributed by atoms with Crippen LogP contribution in [-0.2, 0) is 0 Å². The summed E-state index contributed by atoms with van der Waals surface area (Å²) in [6, 6.07) is 3.37. The molecule has 0 spiro atoms. The van der Waals surface area contributed by atoms with Crippen molar-refractivity contribution in [3.05, 3.63) is 36.4 Å². The Kier molecular flexibility index (Phi) is 3.98. The Morgan fingerprint density at radius 2 is 2.21 bits per heavy atom. The Labute approximate surface area is 84.0 Å². The predicted octanol–water partition coefficient (Wildman–Crippen LogP) is 2.32. The van der Waals surface area contributed by atoms with Gasteiger partial charge in [-0.15, -0.1) is 0 Å². The summed E-state index contributed by atoms with van der Waals surface area (Å²) in [7, 11) is 0. The second-order valence-corrected chi connectivity index (χ2v) is 2.88. The Balaban J connectivity index is 2.56. The molecule has 0 saturated heterocycles. The topological polar surface area (TPSA) is 33.5 Å². The lowest BCUT2D eigenvalue weighted by atomic mass is 10.3. The number of nitrogens with zero attached hydrogens (tertiary/aromatic N) is 1. The quantitative estimate of drug-likeness (QED) is 0.531. The summed E-state index contributed by atoms with van der Waals surface area (Å²) in [5.74, 6) is 0.287. The second kappa shape index (κ2) is 5.27. The highest BCUT2D eigenvalue weighted by Gasteiger charge is 2.03. The third-order valence-corrected chi connectivity index (χ3v) is 2.01. The largest absolute Gasteiger partial charge is 0.461 e. The molecule has 0 aromatic carbocycles. The Bertz CT molecular complexity index is 297. The van der Waals surface area contributed by atoms with E-state index in [1.54, 1.807) is 18.3 Å². The van der Waals surface area contributed by atoms with Crippen LogP contribution in [-0.4, -0.2) is 23.8 Å². The van der Waals surface area contributed by atoms with Gasteiger partial charge >= 0.3 is 0 Å². The molecule has 0 unspecified atom stereocenters. The summed E-state index contributed by atoms with van der Waals surface area (Å²) >= 11 is 0. The molecule has 0 aliphatic rings. The van der Waals surface area contributed by atoms with Gasteiger partial charge in [-0.1, -0.05) is 0 Å². The first-order valence-corrected chi connectivity index (χ1v) is 4.78. The molecule has 0 N–H and O–H groups in total. The summed E-state index contributed by atoms with van der Waals surface area (Å²) in [6.07, 6.45) is 4.83. The molecule has 0 saturated carbocycles. The van der Waals surface area contributed by atoms with E-state index >= 15 is 0 Å². The summed E-state index contributed by atoms with van der Waals surface area (Å²) in [4.78, 5) is 13.5. The van der Waals surface area contributed by atoms with Crippen molar-refractivity contribution >= 4 is 5.78 Å². The van der Waals surface area contributed by atoms with Crippen LogP contribution >= 0.6 is 0 Å². The van der Waals surface area contributed by atoms with Gasteiger partial charge in [0.2, 0.25) is 5.78 Å². The van der Waals surface area contributed by atoms with Gasteiger partial charge in [-0.3, -0.25) is 4.79 Å². The van der Waals surface area contributed by atoms with Gasteiger partial charge in [0.25, 0.3) is 0 Å². The van der Waals surface area contributed by atoms with E-state index < -0.39 is 0 Å². The lowest BCUT2D eigenvalue weighted by Crippen LogP contribution is -2.15. The molecule has 1 aromatic heterocycles. The van der Waals surface area contributed by atoms with Crippen LogP contribution in [0.1, 0.15) is 24.4 Å². The molecular weight excluding hydrogens is 178 g/mol. The number of allylic oxidation sites excluding steroid dienone is 1. The molecule has 0 aliphatic heterocycles. The Morgan fingerprint density at radius 1 is 1.50 bits per heavy atom. The first-order valence-electron chi connectivity index (χ1n) is 4.78. The third kappa shape index (κ3) is 2.76. The fraction of sp³-hybridized carbons (Fsp3) is 0.364. The highest BCUT2D eigenvalue weighted by molar-refractivity contribution is 6.02. The van der Waals surface area contributed by atoms with Gasteiger partial charge in [-0.2, -0.15) is 0 Å². The first-order chi connectivity index (χ1) is 6.77. The summed E-state index contributed by atoms with van der Waals surface area (Å²) < 4.78 is 4.98. The first kappa shape index (κ1) is 10.6. The molecule has 3 heteroatoms. The van der Waals surface area contributed by atoms with Crippen LogP contribution in [0.5, 0.6) is 0 Å². The summed E-state index contributed by atoms with van der Waals surface area (Å²) in [5.41, 5.74) is 0. The lowest BCUT2D eigenvalue weighted by Gasteiger charge is -2.13. The predicted molar refractivity (Wildman–Crippen MR) is 55.1 cm³/mol. The third-order valence-electron chi connectivity index (χ3n) is 2.01. The highest BCUT2D eigenvalue weighted by Crippen LogP contribution is 2.02. The van der Waals surface area contributed by atoms with E-state index in [4.69, 9.17) is 4.42 Å². The molecule has 0 bridgehead atoms. The van der Waals surface area contributed by atoms with Crippen LogP contribution in [0.3, 0.4) is 0 Å². The monoisotopic (exact) mass is 193 g/mol. The van der Waals surface area contributed by atoms with Crippen LogP contribution in [0.2, 0.25) is 0 Å². The average Bonchev–Trinajstić information content (AvgIpc) is 2.72. The fourth-order valence-electron chi connectivity index (χ4n) is 1.11. The number of ketones is 1. The van der Waals surface area contributed by atoms with Crippen LogP contribution in [0.15, 0.2) is 35.1 Å². The van der Waals surface area contributed by atoms with Gasteiger partial charge in [-0.25, -0.2) is 0 Å². The van der Waals surface area contributed by atoms with E-state index in [1.165, 1.54) is 12.3 Å².